The third-order valence-electron chi connectivity index (χ3n) is 3.69. The Hall–Kier alpha value is -2.87. The molecule has 0 aliphatic heterocycles. The topological polar surface area (TPSA) is 88.3 Å². The Balaban J connectivity index is 1.86. The van der Waals surface area contributed by atoms with Crippen LogP contribution in [0.4, 0.5) is 10.1 Å². The van der Waals surface area contributed by atoms with E-state index in [1.165, 1.54) is 26.4 Å². The number of aryl methyl sites for hydroxylation is 1. The Kier molecular flexibility index (Phi) is 4.48. The number of anilines is 1. The summed E-state index contributed by atoms with van der Waals surface area (Å²) in [5, 5.41) is 9.60. The van der Waals surface area contributed by atoms with Crippen molar-refractivity contribution in [3.8, 4) is 5.75 Å². The van der Waals surface area contributed by atoms with E-state index < -0.39 is 11.7 Å². The van der Waals surface area contributed by atoms with Crippen molar-refractivity contribution in [1.82, 2.24) is 15.7 Å². The molecule has 1 aromatic carbocycles. The number of aromatic nitrogens is 2. The average Bonchev–Trinajstić information content (AvgIpc) is 3.00. The van der Waals surface area contributed by atoms with Gasteiger partial charge >= 0.3 is 0 Å². The van der Waals surface area contributed by atoms with Gasteiger partial charge < -0.3 is 10.1 Å². The summed E-state index contributed by atoms with van der Waals surface area (Å²) in [6, 6.07) is 4.20. The molecule has 1 aliphatic carbocycles. The SMILES string of the molecule is CONC1=CCCc2[nH]nc(C(=O)Nc3ccc(OC)c(F)c3)c21. The highest BCUT2D eigenvalue weighted by atomic mass is 19.1. The maximum atomic E-state index is 13.7. The number of allylic oxidation sites excluding steroid dienone is 1. The monoisotopic (exact) mass is 332 g/mol. The van der Waals surface area contributed by atoms with Gasteiger partial charge in [0.25, 0.3) is 5.91 Å². The molecule has 24 heavy (non-hydrogen) atoms. The molecular weight excluding hydrogens is 315 g/mol. The normalized spacial score (nSPS) is 13.0. The number of rotatable bonds is 5. The lowest BCUT2D eigenvalue weighted by molar-refractivity contribution is 0.102. The predicted molar refractivity (Wildman–Crippen MR) is 85.9 cm³/mol. The van der Waals surface area contributed by atoms with Crippen LogP contribution < -0.4 is 15.5 Å². The number of methoxy groups -OCH3 is 1. The quantitative estimate of drug-likeness (QED) is 0.731. The number of aromatic amines is 1. The Morgan fingerprint density at radius 3 is 2.92 bits per heavy atom. The fraction of sp³-hybridized carbons (Fsp3) is 0.250. The third kappa shape index (κ3) is 2.95. The van der Waals surface area contributed by atoms with E-state index >= 15 is 0 Å². The number of carbonyl (C=O) groups excluding carboxylic acids is 1. The summed E-state index contributed by atoms with van der Waals surface area (Å²) in [6.45, 7) is 0. The van der Waals surface area contributed by atoms with Crippen LogP contribution in [0.3, 0.4) is 0 Å². The van der Waals surface area contributed by atoms with Gasteiger partial charge in [0.05, 0.1) is 25.5 Å². The largest absolute Gasteiger partial charge is 0.494 e. The molecule has 0 saturated heterocycles. The molecule has 0 saturated carbocycles. The van der Waals surface area contributed by atoms with E-state index in [-0.39, 0.29) is 11.4 Å². The number of hydrogen-bond donors (Lipinski definition) is 3. The summed E-state index contributed by atoms with van der Waals surface area (Å²) in [5.74, 6) is -0.886. The molecule has 0 fully saturated rings. The molecule has 8 heteroatoms. The Morgan fingerprint density at radius 1 is 1.38 bits per heavy atom. The van der Waals surface area contributed by atoms with Crippen LogP contribution in [0.2, 0.25) is 0 Å². The van der Waals surface area contributed by atoms with Gasteiger partial charge in [0.15, 0.2) is 17.3 Å². The van der Waals surface area contributed by atoms with Crippen LogP contribution in [0.5, 0.6) is 5.75 Å². The van der Waals surface area contributed by atoms with Crippen LogP contribution in [-0.2, 0) is 11.3 Å². The van der Waals surface area contributed by atoms with E-state index in [4.69, 9.17) is 9.57 Å². The summed E-state index contributed by atoms with van der Waals surface area (Å²) < 4.78 is 18.6. The van der Waals surface area contributed by atoms with E-state index in [0.29, 0.717) is 16.9 Å². The first-order valence-electron chi connectivity index (χ1n) is 7.35. The predicted octanol–water partition coefficient (Wildman–Crippen LogP) is 2.25. The van der Waals surface area contributed by atoms with E-state index in [0.717, 1.165) is 18.5 Å². The number of hydrogen-bond acceptors (Lipinski definition) is 5. The lowest BCUT2D eigenvalue weighted by atomic mass is 9.99. The van der Waals surface area contributed by atoms with Gasteiger partial charge in [0.1, 0.15) is 0 Å². The molecule has 126 valence electrons. The average molecular weight is 332 g/mol. The minimum Gasteiger partial charge on any atom is -0.494 e. The van der Waals surface area contributed by atoms with Crippen LogP contribution >= 0.6 is 0 Å². The standard InChI is InChI=1S/C16H17FN4O3/c1-23-13-7-6-9(8-10(13)17)18-16(22)15-14-11(19-20-15)4-3-5-12(14)21-24-2/h5-8,21H,3-4H2,1-2H3,(H,18,22)(H,19,20). The molecule has 0 atom stereocenters. The van der Waals surface area contributed by atoms with Crippen LogP contribution in [0, 0.1) is 5.82 Å². The fourth-order valence-corrected chi connectivity index (χ4v) is 2.61. The van der Waals surface area contributed by atoms with Crippen molar-refractivity contribution in [2.75, 3.05) is 19.5 Å². The number of carbonyl (C=O) groups is 1. The number of benzene rings is 1. The van der Waals surface area contributed by atoms with Crippen LogP contribution in [0.15, 0.2) is 24.3 Å². The van der Waals surface area contributed by atoms with Gasteiger partial charge in [-0.3, -0.25) is 20.2 Å². The van der Waals surface area contributed by atoms with E-state index in [9.17, 15) is 9.18 Å². The Bertz CT molecular complexity index is 801. The number of hydroxylamine groups is 1. The number of nitrogens with zero attached hydrogens (tertiary/aromatic N) is 1. The van der Waals surface area contributed by atoms with Gasteiger partial charge in [-0.15, -0.1) is 0 Å². The first-order valence-corrected chi connectivity index (χ1v) is 7.35. The van der Waals surface area contributed by atoms with Crippen molar-refractivity contribution in [2.24, 2.45) is 0 Å². The van der Waals surface area contributed by atoms with E-state index in [1.807, 2.05) is 6.08 Å². The van der Waals surface area contributed by atoms with Crippen LogP contribution in [-0.4, -0.2) is 30.3 Å². The van der Waals surface area contributed by atoms with Gasteiger partial charge in [0.2, 0.25) is 0 Å². The maximum absolute atomic E-state index is 13.7. The molecule has 1 heterocycles. The lowest BCUT2D eigenvalue weighted by Crippen LogP contribution is -2.19. The van der Waals surface area contributed by atoms with Gasteiger partial charge in [0, 0.05) is 17.4 Å². The molecule has 3 N–H and O–H groups in total. The fourth-order valence-electron chi connectivity index (χ4n) is 2.61. The molecule has 0 bridgehead atoms. The van der Waals surface area contributed by atoms with E-state index in [1.54, 1.807) is 6.07 Å². The zero-order valence-electron chi connectivity index (χ0n) is 13.3. The van der Waals surface area contributed by atoms with Crippen molar-refractivity contribution < 1.29 is 18.8 Å². The van der Waals surface area contributed by atoms with E-state index in [2.05, 4.69) is 21.0 Å². The zero-order valence-corrected chi connectivity index (χ0v) is 13.3. The first-order chi connectivity index (χ1) is 11.6. The summed E-state index contributed by atoms with van der Waals surface area (Å²) >= 11 is 0. The van der Waals surface area contributed by atoms with Crippen LogP contribution in [0.25, 0.3) is 5.70 Å². The summed E-state index contributed by atoms with van der Waals surface area (Å²) in [5.41, 5.74) is 5.48. The first kappa shape index (κ1) is 16.0. The van der Waals surface area contributed by atoms with Crippen molar-refractivity contribution in [1.29, 1.82) is 0 Å². The second kappa shape index (κ2) is 6.71. The van der Waals surface area contributed by atoms with Crippen molar-refractivity contribution in [3.05, 3.63) is 47.0 Å². The summed E-state index contributed by atoms with van der Waals surface area (Å²) in [7, 11) is 2.87. The molecule has 2 aromatic rings. The molecule has 1 aliphatic rings. The van der Waals surface area contributed by atoms with Gasteiger partial charge in [-0.25, -0.2) is 4.39 Å². The van der Waals surface area contributed by atoms with Crippen LogP contribution in [0.1, 0.15) is 28.2 Å². The molecule has 3 rings (SSSR count). The van der Waals surface area contributed by atoms with Crippen molar-refractivity contribution in [2.45, 2.75) is 12.8 Å². The van der Waals surface area contributed by atoms with Crippen molar-refractivity contribution >= 4 is 17.3 Å². The summed E-state index contributed by atoms with van der Waals surface area (Å²) in [6.07, 6.45) is 3.50. The number of nitrogens with one attached hydrogen (secondary N) is 3. The number of H-pyrrole nitrogens is 1. The molecule has 0 spiro atoms. The third-order valence-corrected chi connectivity index (χ3v) is 3.69. The highest BCUT2D eigenvalue weighted by Crippen LogP contribution is 2.27. The second-order valence-corrected chi connectivity index (χ2v) is 5.19. The minimum absolute atomic E-state index is 0.111. The summed E-state index contributed by atoms with van der Waals surface area (Å²) in [4.78, 5) is 17.5. The molecule has 0 radical (unpaired) electrons. The van der Waals surface area contributed by atoms with Gasteiger partial charge in [-0.05, 0) is 25.0 Å². The lowest BCUT2D eigenvalue weighted by Gasteiger charge is -2.15. The number of halogens is 1. The molecule has 1 aromatic heterocycles. The van der Waals surface area contributed by atoms with Crippen molar-refractivity contribution in [3.63, 3.8) is 0 Å². The Labute approximate surface area is 137 Å². The second-order valence-electron chi connectivity index (χ2n) is 5.19. The zero-order chi connectivity index (χ0) is 17.1. The van der Waals surface area contributed by atoms with Gasteiger partial charge in [-0.1, -0.05) is 6.08 Å². The molecule has 1 amide bonds. The molecular formula is C16H17FN4O3. The number of ether oxygens (including phenoxy) is 1. The number of amides is 1. The highest BCUT2D eigenvalue weighted by molar-refractivity contribution is 6.06. The number of fused-ring (bicyclic) bond motifs is 1. The van der Waals surface area contributed by atoms with Gasteiger partial charge in [-0.2, -0.15) is 5.10 Å². The maximum Gasteiger partial charge on any atom is 0.276 e. The smallest absolute Gasteiger partial charge is 0.276 e. The minimum atomic E-state index is -0.555. The molecule has 0 unspecified atom stereocenters. The Morgan fingerprint density at radius 2 is 2.21 bits per heavy atom. The highest BCUT2D eigenvalue weighted by Gasteiger charge is 2.25. The molecule has 7 nitrogen and oxygen atoms in total.